The van der Waals surface area contributed by atoms with Crippen LogP contribution < -0.4 is 4.40 Å². The minimum absolute atomic E-state index is 0. The van der Waals surface area contributed by atoms with Gasteiger partial charge in [-0.25, -0.2) is 0 Å². The Labute approximate surface area is 281 Å². The maximum absolute atomic E-state index is 10.0. The molecular formula is C39H35GeIrN2O2-. The molecule has 0 aliphatic heterocycles. The van der Waals surface area contributed by atoms with Gasteiger partial charge in [0.2, 0.25) is 0 Å². The van der Waals surface area contributed by atoms with Crippen LogP contribution >= 0.6 is 0 Å². The molecule has 0 bridgehead atoms. The van der Waals surface area contributed by atoms with Gasteiger partial charge in [0.15, 0.2) is 5.78 Å². The van der Waals surface area contributed by atoms with Crippen molar-refractivity contribution in [2.45, 2.75) is 38.0 Å². The Balaban J connectivity index is 0.000000519. The topological polar surface area (TPSA) is 74.0 Å². The summed E-state index contributed by atoms with van der Waals surface area (Å²) >= 11 is -1.84. The van der Waals surface area contributed by atoms with Crippen LogP contribution in [0.5, 0.6) is 0 Å². The number of benzene rings is 5. The standard InChI is InChI=1S/C34H27GeN2.C5H8O2.Ir/c1-22-28(23-9-11-27(12-10-23)35(2,3)4)13-15-31-29(22)14-16-33-32(31)17-18-37-34(33)25-19-24-7-5-6-8-30(24)26(20-25)21-36;1-4(6)3-5(2)7;/h5-18,20H,1-4H3;3,6H,1-2H3;/q-1;;/b;4-3-;. The molecule has 227 valence electrons. The molecule has 1 radical (unpaired) electrons. The zero-order valence-electron chi connectivity index (χ0n) is 26.3. The Morgan fingerprint density at radius 1 is 0.867 bits per heavy atom. The fourth-order valence-electron chi connectivity index (χ4n) is 5.64. The summed E-state index contributed by atoms with van der Waals surface area (Å²) in [7, 11) is 0. The Morgan fingerprint density at radius 2 is 1.51 bits per heavy atom. The van der Waals surface area contributed by atoms with E-state index in [2.05, 4.69) is 90.9 Å². The molecule has 6 aromatic rings. The van der Waals surface area contributed by atoms with E-state index in [-0.39, 0.29) is 31.6 Å². The van der Waals surface area contributed by atoms with E-state index in [1.165, 1.54) is 51.8 Å². The average Bonchev–Trinajstić information content (AvgIpc) is 2.99. The largest absolute Gasteiger partial charge is 0 e. The Hall–Kier alpha value is -4.08. The minimum atomic E-state index is -1.84. The molecule has 4 nitrogen and oxygen atoms in total. The third-order valence-electron chi connectivity index (χ3n) is 7.84. The number of hydrogen-bond donors (Lipinski definition) is 1. The van der Waals surface area contributed by atoms with Crippen LogP contribution in [0.15, 0.2) is 103 Å². The molecule has 1 N–H and O–H groups in total. The number of aryl methyl sites for hydroxylation is 1. The summed E-state index contributed by atoms with van der Waals surface area (Å²) in [5, 5.41) is 24.7. The van der Waals surface area contributed by atoms with Gasteiger partial charge in [0.25, 0.3) is 0 Å². The van der Waals surface area contributed by atoms with E-state index in [1.807, 2.05) is 36.5 Å². The number of carbonyl (C=O) groups is 1. The zero-order chi connectivity index (χ0) is 31.6. The maximum atomic E-state index is 10.0. The van der Waals surface area contributed by atoms with Crippen LogP contribution in [0.1, 0.15) is 25.0 Å². The van der Waals surface area contributed by atoms with E-state index >= 15 is 0 Å². The molecule has 5 aromatic carbocycles. The Kier molecular flexibility index (Phi) is 10.5. The molecular weight excluding hydrogens is 793 g/mol. The van der Waals surface area contributed by atoms with E-state index < -0.39 is 13.3 Å². The molecule has 6 rings (SSSR count). The van der Waals surface area contributed by atoms with Gasteiger partial charge >= 0.3 is 157 Å². The number of hydrogen-bond acceptors (Lipinski definition) is 4. The van der Waals surface area contributed by atoms with Crippen molar-refractivity contribution in [1.29, 1.82) is 5.26 Å². The number of rotatable bonds is 4. The van der Waals surface area contributed by atoms with Gasteiger partial charge < -0.3 is 5.11 Å². The molecule has 45 heavy (non-hydrogen) atoms. The third kappa shape index (κ3) is 7.26. The number of aliphatic hydroxyl groups excluding tert-OH is 1. The number of ketones is 1. The molecule has 6 heteroatoms. The van der Waals surface area contributed by atoms with E-state index in [0.29, 0.717) is 5.56 Å². The fraction of sp³-hybridized carbons (Fsp3) is 0.154. The van der Waals surface area contributed by atoms with Gasteiger partial charge in [-0.05, 0) is 19.4 Å². The second kappa shape index (κ2) is 13.9. The van der Waals surface area contributed by atoms with Crippen LogP contribution in [-0.2, 0) is 24.9 Å². The first kappa shape index (κ1) is 33.8. The quantitative estimate of drug-likeness (QED) is 0.0633. The van der Waals surface area contributed by atoms with Crippen molar-refractivity contribution < 1.29 is 30.0 Å². The number of aliphatic hydroxyl groups is 1. The van der Waals surface area contributed by atoms with Crippen LogP contribution in [0.25, 0.3) is 54.7 Å². The van der Waals surface area contributed by atoms with Crippen LogP contribution in [0.2, 0.25) is 17.3 Å². The second-order valence-corrected chi connectivity index (χ2v) is 22.8. The van der Waals surface area contributed by atoms with Crippen LogP contribution in [-0.4, -0.2) is 29.1 Å². The predicted octanol–water partition coefficient (Wildman–Crippen LogP) is 9.44. The number of carbonyl (C=O) groups excluding carboxylic acids is 1. The molecule has 1 aromatic heterocycles. The van der Waals surface area contributed by atoms with E-state index in [1.54, 1.807) is 0 Å². The van der Waals surface area contributed by atoms with Crippen LogP contribution in [0.4, 0.5) is 0 Å². The summed E-state index contributed by atoms with van der Waals surface area (Å²) in [4.78, 5) is 14.8. The number of allylic oxidation sites excluding steroid dienone is 2. The average molecular weight is 829 g/mol. The molecule has 0 fully saturated rings. The minimum Gasteiger partial charge on any atom is 0 e. The van der Waals surface area contributed by atoms with Gasteiger partial charge in [-0.1, -0.05) is 23.6 Å². The fourth-order valence-corrected chi connectivity index (χ4v) is 8.09. The van der Waals surface area contributed by atoms with Crippen molar-refractivity contribution in [3.63, 3.8) is 0 Å². The first-order valence-electron chi connectivity index (χ1n) is 14.6. The molecule has 0 aliphatic rings. The first-order chi connectivity index (χ1) is 21.0. The maximum Gasteiger partial charge on any atom is 0 e. The Bertz CT molecular complexity index is 2120. The van der Waals surface area contributed by atoms with Crippen molar-refractivity contribution in [3.05, 3.63) is 120 Å². The number of nitriles is 1. The summed E-state index contributed by atoms with van der Waals surface area (Å²) in [5.41, 5.74) is 6.16. The van der Waals surface area contributed by atoms with Gasteiger partial charge in [-0.2, -0.15) is 5.26 Å². The summed E-state index contributed by atoms with van der Waals surface area (Å²) in [6, 6.07) is 35.9. The molecule has 0 atom stereocenters. The van der Waals surface area contributed by atoms with E-state index in [9.17, 15) is 10.1 Å². The predicted molar refractivity (Wildman–Crippen MR) is 186 cm³/mol. The number of aromatic nitrogens is 1. The summed E-state index contributed by atoms with van der Waals surface area (Å²) in [6.45, 7) is 5.07. The van der Waals surface area contributed by atoms with Crippen molar-refractivity contribution in [3.8, 4) is 28.5 Å². The van der Waals surface area contributed by atoms with Gasteiger partial charge in [-0.3, -0.25) is 4.79 Å². The molecule has 0 amide bonds. The van der Waals surface area contributed by atoms with Crippen molar-refractivity contribution in [1.82, 2.24) is 4.98 Å². The van der Waals surface area contributed by atoms with E-state index in [0.717, 1.165) is 32.8 Å². The summed E-state index contributed by atoms with van der Waals surface area (Å²) < 4.78 is 1.53. The summed E-state index contributed by atoms with van der Waals surface area (Å²) in [6.07, 6.45) is 3.03. The normalized spacial score (nSPS) is 11.4. The molecule has 0 saturated carbocycles. The van der Waals surface area contributed by atoms with Gasteiger partial charge in [0.1, 0.15) is 0 Å². The number of pyridine rings is 1. The molecule has 0 spiro atoms. The molecule has 0 aliphatic carbocycles. The Morgan fingerprint density at radius 3 is 2.13 bits per heavy atom. The van der Waals surface area contributed by atoms with Crippen LogP contribution in [0, 0.1) is 24.3 Å². The molecule has 0 unspecified atom stereocenters. The monoisotopic (exact) mass is 830 g/mol. The summed E-state index contributed by atoms with van der Waals surface area (Å²) in [5.74, 6) is 7.23. The number of nitrogens with zero attached hydrogens (tertiary/aromatic N) is 2. The molecule has 1 heterocycles. The SMILES string of the molecule is CC(=O)/C=C(/C)O.Cc1c(-c2cc[c]([Ge]([CH3])([CH3])[CH3])cc2)ccc2c1ccc1c(-c3[c-]c4ccccc4c(C#N)c3)nccc12.[Ir]. The van der Waals surface area contributed by atoms with E-state index in [4.69, 9.17) is 10.1 Å². The molecule has 0 saturated heterocycles. The third-order valence-corrected chi connectivity index (χ3v) is 12.2. The van der Waals surface area contributed by atoms with Crippen LogP contribution in [0.3, 0.4) is 0 Å². The number of fused-ring (bicyclic) bond motifs is 4. The first-order valence-corrected chi connectivity index (χ1v) is 22.0. The van der Waals surface area contributed by atoms with Gasteiger partial charge in [-0.15, -0.1) is 23.6 Å². The van der Waals surface area contributed by atoms with Gasteiger partial charge in [0.05, 0.1) is 11.8 Å². The van der Waals surface area contributed by atoms with Crippen molar-refractivity contribution in [2.75, 3.05) is 0 Å². The smallest absolute Gasteiger partial charge is 0 e. The zero-order valence-corrected chi connectivity index (χ0v) is 30.8. The van der Waals surface area contributed by atoms with Crippen molar-refractivity contribution in [2.24, 2.45) is 0 Å². The second-order valence-electron chi connectivity index (χ2n) is 12.1. The van der Waals surface area contributed by atoms with Crippen molar-refractivity contribution >= 4 is 55.8 Å². The van der Waals surface area contributed by atoms with Gasteiger partial charge in [0, 0.05) is 26.2 Å².